The Morgan fingerprint density at radius 3 is 2.83 bits per heavy atom. The summed E-state index contributed by atoms with van der Waals surface area (Å²) in [5, 5.41) is 7.21. The Morgan fingerprint density at radius 2 is 2.22 bits per heavy atom. The minimum atomic E-state index is -3.31. The Balaban J connectivity index is 2.73. The van der Waals surface area contributed by atoms with E-state index in [0.29, 0.717) is 18.9 Å². The van der Waals surface area contributed by atoms with Crippen LogP contribution in [0.4, 0.5) is 8.78 Å². The average Bonchev–Trinajstić information content (AvgIpc) is 2.44. The van der Waals surface area contributed by atoms with Crippen LogP contribution < -0.4 is 4.74 Å². The zero-order chi connectivity index (χ0) is 17.3. The number of allylic oxidation sites excluding steroid dienone is 1. The molecule has 1 N–H and O–H groups in total. The predicted octanol–water partition coefficient (Wildman–Crippen LogP) is 5.39. The van der Waals surface area contributed by atoms with Crippen LogP contribution in [0.25, 0.3) is 0 Å². The molecule has 0 heterocycles. The number of nitrogens with zero attached hydrogens (tertiary/aromatic N) is 1. The third-order valence-corrected chi connectivity index (χ3v) is 3.23. The number of aryl methyl sites for hydroxylation is 1. The number of nitrogens with one attached hydrogen (secondary N) is 1. The van der Waals surface area contributed by atoms with Gasteiger partial charge in [0.1, 0.15) is 5.75 Å². The molecule has 23 heavy (non-hydrogen) atoms. The van der Waals surface area contributed by atoms with Crippen molar-refractivity contribution in [3.63, 3.8) is 0 Å². The van der Waals surface area contributed by atoms with Gasteiger partial charge in [-0.15, -0.1) is 0 Å². The van der Waals surface area contributed by atoms with Crippen LogP contribution in [0.2, 0.25) is 0 Å². The van der Waals surface area contributed by atoms with Crippen LogP contribution in [0.15, 0.2) is 41.4 Å². The number of hydrogen-bond donors (Lipinski definition) is 1. The summed E-state index contributed by atoms with van der Waals surface area (Å²) in [5.41, 5.74) is 0.899. The normalized spacial score (nSPS) is 14.0. The van der Waals surface area contributed by atoms with Crippen molar-refractivity contribution in [1.82, 2.24) is 0 Å². The summed E-state index contributed by atoms with van der Waals surface area (Å²) in [6, 6.07) is 6.69. The SMILES string of the molecule is C/C=C/C(F)(F)Oc1cccc(CCC(CC=N)/N=C(\C)Br)c1. The van der Waals surface area contributed by atoms with Crippen molar-refractivity contribution >= 4 is 26.8 Å². The number of aliphatic imine (C=N–C) groups is 1. The van der Waals surface area contributed by atoms with Crippen molar-refractivity contribution < 1.29 is 13.5 Å². The molecule has 0 amide bonds. The van der Waals surface area contributed by atoms with Gasteiger partial charge in [-0.3, -0.25) is 4.99 Å². The van der Waals surface area contributed by atoms with Gasteiger partial charge in [0.25, 0.3) is 0 Å². The second-order valence-corrected chi connectivity index (χ2v) is 6.22. The predicted molar refractivity (Wildman–Crippen MR) is 94.4 cm³/mol. The number of ether oxygens (including phenoxy) is 1. The van der Waals surface area contributed by atoms with E-state index in [4.69, 9.17) is 10.1 Å². The van der Waals surface area contributed by atoms with Crippen molar-refractivity contribution in [3.8, 4) is 5.75 Å². The third kappa shape index (κ3) is 8.02. The van der Waals surface area contributed by atoms with Gasteiger partial charge >= 0.3 is 6.11 Å². The first-order valence-electron chi connectivity index (χ1n) is 7.34. The van der Waals surface area contributed by atoms with Crippen LogP contribution in [-0.4, -0.2) is 23.0 Å². The first kappa shape index (κ1) is 19.5. The van der Waals surface area contributed by atoms with Crippen molar-refractivity contribution in [2.45, 2.75) is 45.3 Å². The minimum absolute atomic E-state index is 0.000847. The molecule has 0 bridgehead atoms. The second-order valence-electron chi connectivity index (χ2n) is 5.07. The molecule has 1 aromatic rings. The zero-order valence-electron chi connectivity index (χ0n) is 13.2. The summed E-state index contributed by atoms with van der Waals surface area (Å²) >= 11 is 3.30. The molecular weight excluding hydrogens is 366 g/mol. The van der Waals surface area contributed by atoms with Crippen molar-refractivity contribution in [2.24, 2.45) is 4.99 Å². The van der Waals surface area contributed by atoms with E-state index in [1.807, 2.05) is 13.0 Å². The Hall–Kier alpha value is -1.56. The Morgan fingerprint density at radius 1 is 1.48 bits per heavy atom. The first-order valence-corrected chi connectivity index (χ1v) is 8.14. The fourth-order valence-corrected chi connectivity index (χ4v) is 2.40. The summed E-state index contributed by atoms with van der Waals surface area (Å²) in [7, 11) is 0. The molecule has 0 aliphatic rings. The van der Waals surface area contributed by atoms with Gasteiger partial charge in [-0.25, -0.2) is 0 Å². The fourth-order valence-electron chi connectivity index (χ4n) is 2.11. The molecule has 1 unspecified atom stereocenters. The summed E-state index contributed by atoms with van der Waals surface area (Å²) in [6.07, 6.45) is 1.95. The largest absolute Gasteiger partial charge is 0.429 e. The maximum Gasteiger partial charge on any atom is 0.419 e. The Labute approximate surface area is 144 Å². The third-order valence-electron chi connectivity index (χ3n) is 3.03. The van der Waals surface area contributed by atoms with Gasteiger partial charge in [0, 0.05) is 12.5 Å². The molecule has 0 aliphatic carbocycles. The summed E-state index contributed by atoms with van der Waals surface area (Å²) in [5.74, 6) is 0.134. The van der Waals surface area contributed by atoms with Gasteiger partial charge in [-0.05, 0) is 66.5 Å². The number of halogens is 3. The zero-order valence-corrected chi connectivity index (χ0v) is 14.8. The van der Waals surface area contributed by atoms with E-state index in [-0.39, 0.29) is 11.8 Å². The number of alkyl halides is 2. The number of benzene rings is 1. The van der Waals surface area contributed by atoms with Crippen molar-refractivity contribution in [3.05, 3.63) is 42.0 Å². The summed E-state index contributed by atoms with van der Waals surface area (Å²) in [4.78, 5) is 4.41. The van der Waals surface area contributed by atoms with Crippen molar-refractivity contribution in [1.29, 1.82) is 5.41 Å². The molecule has 0 aliphatic heterocycles. The monoisotopic (exact) mass is 386 g/mol. The molecule has 1 aromatic carbocycles. The van der Waals surface area contributed by atoms with E-state index < -0.39 is 6.11 Å². The standard InChI is InChI=1S/C17H21BrF2N2O/c1-3-10-17(19,20)23-16-6-4-5-14(12-16)7-8-15(9-11-21)22-13(2)18/h3-6,10-12,15,21H,7-9H2,1-2H3/b10-3+,21-11?,22-13+. The molecule has 1 atom stereocenters. The van der Waals surface area contributed by atoms with E-state index in [2.05, 4.69) is 20.9 Å². The highest BCUT2D eigenvalue weighted by Gasteiger charge is 2.27. The summed E-state index contributed by atoms with van der Waals surface area (Å²) < 4.78 is 32.4. The highest BCUT2D eigenvalue weighted by molar-refractivity contribution is 9.18. The summed E-state index contributed by atoms with van der Waals surface area (Å²) in [6.45, 7) is 3.36. The quantitative estimate of drug-likeness (QED) is 0.448. The van der Waals surface area contributed by atoms with Gasteiger partial charge < -0.3 is 10.1 Å². The highest BCUT2D eigenvalue weighted by Crippen LogP contribution is 2.24. The van der Waals surface area contributed by atoms with E-state index in [1.165, 1.54) is 25.3 Å². The molecule has 0 saturated carbocycles. The number of hydrogen-bond acceptors (Lipinski definition) is 3. The molecule has 0 spiro atoms. The van der Waals surface area contributed by atoms with E-state index in [9.17, 15) is 8.78 Å². The lowest BCUT2D eigenvalue weighted by molar-refractivity contribution is -0.131. The molecule has 126 valence electrons. The average molecular weight is 387 g/mol. The molecule has 0 saturated heterocycles. The van der Waals surface area contributed by atoms with E-state index >= 15 is 0 Å². The topological polar surface area (TPSA) is 45.4 Å². The lowest BCUT2D eigenvalue weighted by Crippen LogP contribution is -2.21. The fraction of sp³-hybridized carbons (Fsp3) is 0.412. The molecule has 0 radical (unpaired) electrons. The molecule has 6 heteroatoms. The van der Waals surface area contributed by atoms with Crippen molar-refractivity contribution in [2.75, 3.05) is 0 Å². The Kier molecular flexibility index (Phi) is 8.09. The minimum Gasteiger partial charge on any atom is -0.429 e. The smallest absolute Gasteiger partial charge is 0.419 e. The first-order chi connectivity index (χ1) is 10.9. The lowest BCUT2D eigenvalue weighted by atomic mass is 10.0. The highest BCUT2D eigenvalue weighted by atomic mass is 79.9. The van der Waals surface area contributed by atoms with E-state index in [1.54, 1.807) is 12.1 Å². The van der Waals surface area contributed by atoms with Crippen LogP contribution in [0.3, 0.4) is 0 Å². The molecule has 0 aromatic heterocycles. The van der Waals surface area contributed by atoms with Crippen LogP contribution >= 0.6 is 15.9 Å². The van der Waals surface area contributed by atoms with E-state index in [0.717, 1.165) is 16.6 Å². The Bertz CT molecular complexity index is 569. The van der Waals surface area contributed by atoms with Gasteiger partial charge in [0.2, 0.25) is 0 Å². The van der Waals surface area contributed by atoms with Crippen LogP contribution in [0, 0.1) is 5.41 Å². The van der Waals surface area contributed by atoms with Gasteiger partial charge in [-0.1, -0.05) is 18.2 Å². The molecule has 3 nitrogen and oxygen atoms in total. The maximum atomic E-state index is 13.4. The van der Waals surface area contributed by atoms with Gasteiger partial charge in [-0.2, -0.15) is 8.78 Å². The number of rotatable bonds is 9. The lowest BCUT2D eigenvalue weighted by Gasteiger charge is -2.15. The molecule has 0 fully saturated rings. The molecule has 1 rings (SSSR count). The van der Waals surface area contributed by atoms with Crippen LogP contribution in [0.5, 0.6) is 5.75 Å². The second kappa shape index (κ2) is 9.55. The van der Waals surface area contributed by atoms with Crippen LogP contribution in [0.1, 0.15) is 32.3 Å². The van der Waals surface area contributed by atoms with Crippen LogP contribution in [-0.2, 0) is 6.42 Å². The van der Waals surface area contributed by atoms with Gasteiger partial charge in [0.15, 0.2) is 0 Å². The maximum absolute atomic E-state index is 13.4. The van der Waals surface area contributed by atoms with Gasteiger partial charge in [0.05, 0.1) is 10.7 Å². The molecular formula is C17H21BrF2N2O.